The van der Waals surface area contributed by atoms with Crippen LogP contribution in [0.4, 0.5) is 5.82 Å². The molecule has 0 unspecified atom stereocenters. The summed E-state index contributed by atoms with van der Waals surface area (Å²) >= 11 is 5.96. The summed E-state index contributed by atoms with van der Waals surface area (Å²) in [6, 6.07) is 16.0. The lowest BCUT2D eigenvalue weighted by Crippen LogP contribution is -2.15. The van der Waals surface area contributed by atoms with E-state index in [2.05, 4.69) is 24.1 Å². The van der Waals surface area contributed by atoms with E-state index in [0.717, 1.165) is 28.7 Å². The van der Waals surface area contributed by atoms with Crippen LogP contribution in [-0.4, -0.2) is 16.0 Å². The second-order valence-corrected chi connectivity index (χ2v) is 5.81. The molecule has 112 valence electrons. The second-order valence-electron chi connectivity index (χ2n) is 5.37. The topological polar surface area (TPSA) is 37.8 Å². The van der Waals surface area contributed by atoms with E-state index in [1.54, 1.807) is 0 Å². The molecule has 1 heterocycles. The van der Waals surface area contributed by atoms with Crippen LogP contribution in [0, 0.1) is 0 Å². The first-order chi connectivity index (χ1) is 10.7. The summed E-state index contributed by atoms with van der Waals surface area (Å²) < 4.78 is 0. The Balaban J connectivity index is 2.13. The van der Waals surface area contributed by atoms with Crippen LogP contribution in [0.2, 0.25) is 5.02 Å². The fourth-order valence-corrected chi connectivity index (χ4v) is 2.38. The van der Waals surface area contributed by atoms with Gasteiger partial charge in [0.05, 0.1) is 5.52 Å². The van der Waals surface area contributed by atoms with Crippen LogP contribution in [-0.2, 0) is 0 Å². The van der Waals surface area contributed by atoms with Gasteiger partial charge in [0.2, 0.25) is 0 Å². The lowest BCUT2D eigenvalue weighted by atomic mass is 10.1. The molecule has 4 heteroatoms. The molecule has 0 saturated heterocycles. The molecular weight excluding hydrogens is 294 g/mol. The average Bonchev–Trinajstić information content (AvgIpc) is 2.55. The maximum Gasteiger partial charge on any atom is 0.162 e. The Hall–Kier alpha value is -2.13. The van der Waals surface area contributed by atoms with E-state index in [4.69, 9.17) is 16.6 Å². The lowest BCUT2D eigenvalue weighted by molar-refractivity contribution is 0.760. The van der Waals surface area contributed by atoms with Crippen LogP contribution in [0.25, 0.3) is 22.3 Å². The predicted octanol–water partition coefficient (Wildman–Crippen LogP) is 5.16. The van der Waals surface area contributed by atoms with E-state index < -0.39 is 0 Å². The Morgan fingerprint density at radius 2 is 1.77 bits per heavy atom. The van der Waals surface area contributed by atoms with Gasteiger partial charge in [-0.15, -0.1) is 0 Å². The van der Waals surface area contributed by atoms with Crippen molar-refractivity contribution in [1.29, 1.82) is 0 Å². The molecule has 22 heavy (non-hydrogen) atoms. The van der Waals surface area contributed by atoms with Crippen LogP contribution in [0.5, 0.6) is 0 Å². The van der Waals surface area contributed by atoms with E-state index in [1.165, 1.54) is 0 Å². The first-order valence-corrected chi connectivity index (χ1v) is 7.84. The summed E-state index contributed by atoms with van der Waals surface area (Å²) in [7, 11) is 0. The Morgan fingerprint density at radius 3 is 2.50 bits per heavy atom. The predicted molar refractivity (Wildman–Crippen MR) is 93.4 cm³/mol. The zero-order valence-electron chi connectivity index (χ0n) is 12.7. The average molecular weight is 312 g/mol. The minimum absolute atomic E-state index is 0.358. The molecule has 0 spiro atoms. The maximum absolute atomic E-state index is 5.96. The molecular formula is C18H18ClN3. The standard InChI is InChI=1S/C18H18ClN3/c1-3-12(2)20-18-15-6-4-5-7-16(15)21-17(22-18)13-8-10-14(19)11-9-13/h4-12H,3H2,1-2H3,(H,20,21,22)/t12-/m0/s1. The molecule has 1 aromatic heterocycles. The monoisotopic (exact) mass is 311 g/mol. The highest BCUT2D eigenvalue weighted by Gasteiger charge is 2.10. The van der Waals surface area contributed by atoms with Gasteiger partial charge >= 0.3 is 0 Å². The SMILES string of the molecule is CC[C@H](C)Nc1nc(-c2ccc(Cl)cc2)nc2ccccc12. The number of rotatable bonds is 4. The van der Waals surface area contributed by atoms with Crippen molar-refractivity contribution in [2.75, 3.05) is 5.32 Å². The number of nitrogens with one attached hydrogen (secondary N) is 1. The van der Waals surface area contributed by atoms with Gasteiger partial charge in [0.15, 0.2) is 5.82 Å². The number of halogens is 1. The quantitative estimate of drug-likeness (QED) is 0.723. The summed E-state index contributed by atoms with van der Waals surface area (Å²) in [5.74, 6) is 1.59. The van der Waals surface area contributed by atoms with Crippen molar-refractivity contribution in [3.05, 3.63) is 53.6 Å². The maximum atomic E-state index is 5.96. The smallest absolute Gasteiger partial charge is 0.162 e. The summed E-state index contributed by atoms with van der Waals surface area (Å²) in [6.07, 6.45) is 1.04. The molecule has 0 aliphatic carbocycles. The molecule has 1 atom stereocenters. The Bertz CT molecular complexity index is 784. The van der Waals surface area contributed by atoms with Crippen LogP contribution >= 0.6 is 11.6 Å². The molecule has 3 rings (SSSR count). The van der Waals surface area contributed by atoms with Gasteiger partial charge in [0.1, 0.15) is 5.82 Å². The fraction of sp³-hybridized carbons (Fsp3) is 0.222. The van der Waals surface area contributed by atoms with E-state index in [9.17, 15) is 0 Å². The number of hydrogen-bond donors (Lipinski definition) is 1. The number of benzene rings is 2. The number of hydrogen-bond acceptors (Lipinski definition) is 3. The van der Waals surface area contributed by atoms with Crippen LogP contribution in [0.3, 0.4) is 0 Å². The number of nitrogens with zero attached hydrogens (tertiary/aromatic N) is 2. The minimum atomic E-state index is 0.358. The summed E-state index contributed by atoms with van der Waals surface area (Å²) in [6.45, 7) is 4.31. The molecule has 3 aromatic rings. The van der Waals surface area contributed by atoms with Crippen LogP contribution in [0.15, 0.2) is 48.5 Å². The Labute approximate surface area is 135 Å². The minimum Gasteiger partial charge on any atom is -0.367 e. The largest absolute Gasteiger partial charge is 0.367 e. The first kappa shape index (κ1) is 14.8. The summed E-state index contributed by atoms with van der Waals surface area (Å²) in [5, 5.41) is 5.23. The van der Waals surface area contributed by atoms with Gasteiger partial charge in [-0.1, -0.05) is 30.7 Å². The fourth-order valence-electron chi connectivity index (χ4n) is 2.25. The third kappa shape index (κ3) is 3.04. The van der Waals surface area contributed by atoms with Gasteiger partial charge in [0, 0.05) is 22.0 Å². The third-order valence-corrected chi connectivity index (χ3v) is 3.95. The molecule has 3 nitrogen and oxygen atoms in total. The summed E-state index contributed by atoms with van der Waals surface area (Å²) in [4.78, 5) is 9.40. The van der Waals surface area contributed by atoms with Gasteiger partial charge in [-0.3, -0.25) is 0 Å². The number of fused-ring (bicyclic) bond motifs is 1. The van der Waals surface area contributed by atoms with Crippen molar-refractivity contribution in [2.45, 2.75) is 26.3 Å². The van der Waals surface area contributed by atoms with Crippen LogP contribution in [0.1, 0.15) is 20.3 Å². The molecule has 0 saturated carbocycles. The third-order valence-electron chi connectivity index (χ3n) is 3.70. The van der Waals surface area contributed by atoms with Gasteiger partial charge in [-0.05, 0) is 49.7 Å². The van der Waals surface area contributed by atoms with Crippen molar-refractivity contribution in [1.82, 2.24) is 9.97 Å². The van der Waals surface area contributed by atoms with E-state index in [-0.39, 0.29) is 0 Å². The van der Waals surface area contributed by atoms with Crippen molar-refractivity contribution in [3.63, 3.8) is 0 Å². The van der Waals surface area contributed by atoms with Crippen molar-refractivity contribution in [3.8, 4) is 11.4 Å². The zero-order valence-corrected chi connectivity index (χ0v) is 13.4. The molecule has 0 radical (unpaired) electrons. The molecule has 2 aromatic carbocycles. The zero-order chi connectivity index (χ0) is 15.5. The normalized spacial score (nSPS) is 12.3. The molecule has 0 amide bonds. The van der Waals surface area contributed by atoms with Crippen molar-refractivity contribution in [2.24, 2.45) is 0 Å². The molecule has 0 fully saturated rings. The highest BCUT2D eigenvalue weighted by molar-refractivity contribution is 6.30. The Morgan fingerprint density at radius 1 is 1.05 bits per heavy atom. The van der Waals surface area contributed by atoms with E-state index in [1.807, 2.05) is 48.5 Å². The first-order valence-electron chi connectivity index (χ1n) is 7.46. The van der Waals surface area contributed by atoms with Gasteiger partial charge < -0.3 is 5.32 Å². The molecule has 0 aliphatic heterocycles. The van der Waals surface area contributed by atoms with Gasteiger partial charge in [-0.2, -0.15) is 0 Å². The highest BCUT2D eigenvalue weighted by atomic mass is 35.5. The highest BCUT2D eigenvalue weighted by Crippen LogP contribution is 2.26. The van der Waals surface area contributed by atoms with E-state index in [0.29, 0.717) is 16.9 Å². The van der Waals surface area contributed by atoms with Crippen LogP contribution < -0.4 is 5.32 Å². The number of anilines is 1. The number of aromatic nitrogens is 2. The van der Waals surface area contributed by atoms with E-state index >= 15 is 0 Å². The van der Waals surface area contributed by atoms with Crippen molar-refractivity contribution >= 4 is 28.3 Å². The second kappa shape index (κ2) is 6.32. The molecule has 0 aliphatic rings. The molecule has 1 N–H and O–H groups in total. The molecule has 0 bridgehead atoms. The number of para-hydroxylation sites is 1. The van der Waals surface area contributed by atoms with Gasteiger partial charge in [0.25, 0.3) is 0 Å². The Kier molecular flexibility index (Phi) is 4.25. The lowest BCUT2D eigenvalue weighted by Gasteiger charge is -2.15. The summed E-state index contributed by atoms with van der Waals surface area (Å²) in [5.41, 5.74) is 1.90. The van der Waals surface area contributed by atoms with Gasteiger partial charge in [-0.25, -0.2) is 9.97 Å². The van der Waals surface area contributed by atoms with Crippen molar-refractivity contribution < 1.29 is 0 Å².